The lowest BCUT2D eigenvalue weighted by atomic mass is 9.85. The van der Waals surface area contributed by atoms with Crippen molar-refractivity contribution in [2.75, 3.05) is 11.9 Å². The molecule has 1 amide bonds. The van der Waals surface area contributed by atoms with E-state index in [-0.39, 0.29) is 31.0 Å². The highest BCUT2D eigenvalue weighted by Gasteiger charge is 2.34. The summed E-state index contributed by atoms with van der Waals surface area (Å²) in [4.78, 5) is 23.8. The molecule has 0 spiro atoms. The number of nitrogens with one attached hydrogen (secondary N) is 1. The minimum Gasteiger partial charge on any atom is -0.465 e. The summed E-state index contributed by atoms with van der Waals surface area (Å²) in [5.74, 6) is -2.47. The molecule has 1 atom stereocenters. The van der Waals surface area contributed by atoms with Crippen LogP contribution in [0.3, 0.4) is 0 Å². The van der Waals surface area contributed by atoms with Gasteiger partial charge in [0.15, 0.2) is 0 Å². The third-order valence-corrected chi connectivity index (χ3v) is 4.09. The molecule has 2 aromatic rings. The van der Waals surface area contributed by atoms with Crippen molar-refractivity contribution in [2.45, 2.75) is 32.7 Å². The van der Waals surface area contributed by atoms with Crippen molar-refractivity contribution in [1.82, 2.24) is 9.78 Å². The molecule has 0 fully saturated rings. The van der Waals surface area contributed by atoms with Crippen LogP contribution in [0.5, 0.6) is 0 Å². The summed E-state index contributed by atoms with van der Waals surface area (Å²) in [6, 6.07) is 3.28. The van der Waals surface area contributed by atoms with E-state index in [9.17, 15) is 18.4 Å². The van der Waals surface area contributed by atoms with Gasteiger partial charge in [0.05, 0.1) is 12.3 Å². The number of nitrogens with zero attached hydrogens (tertiary/aromatic N) is 2. The van der Waals surface area contributed by atoms with Gasteiger partial charge in [-0.15, -0.1) is 0 Å². The number of benzene rings is 1. The van der Waals surface area contributed by atoms with Crippen molar-refractivity contribution in [1.29, 1.82) is 0 Å². The molecule has 2 heterocycles. The molecule has 0 saturated heterocycles. The van der Waals surface area contributed by atoms with E-state index in [0.29, 0.717) is 17.1 Å². The summed E-state index contributed by atoms with van der Waals surface area (Å²) >= 11 is 0. The number of hydrogen-bond acceptors (Lipinski definition) is 4. The van der Waals surface area contributed by atoms with Gasteiger partial charge in [-0.3, -0.25) is 9.59 Å². The van der Waals surface area contributed by atoms with E-state index in [1.165, 1.54) is 10.7 Å². The summed E-state index contributed by atoms with van der Waals surface area (Å²) in [6.07, 6.45) is 0.0154. The fourth-order valence-electron chi connectivity index (χ4n) is 3.11. The van der Waals surface area contributed by atoms with Gasteiger partial charge in [-0.25, -0.2) is 13.5 Å². The number of aryl methyl sites for hydroxylation is 1. The molecule has 25 heavy (non-hydrogen) atoms. The Morgan fingerprint density at radius 3 is 2.88 bits per heavy atom. The number of carbonyl (C=O) groups excluding carboxylic acids is 2. The Morgan fingerprint density at radius 1 is 1.44 bits per heavy atom. The number of hydrogen-bond donors (Lipinski definition) is 1. The Kier molecular flexibility index (Phi) is 4.52. The smallest absolute Gasteiger partial charge is 0.327 e. The van der Waals surface area contributed by atoms with Crippen molar-refractivity contribution < 1.29 is 23.1 Å². The highest BCUT2D eigenvalue weighted by molar-refractivity contribution is 5.95. The second-order valence-electron chi connectivity index (χ2n) is 5.78. The molecule has 1 aliphatic heterocycles. The van der Waals surface area contributed by atoms with Gasteiger partial charge in [0.1, 0.15) is 24.0 Å². The number of anilines is 1. The van der Waals surface area contributed by atoms with Crippen LogP contribution in [0.15, 0.2) is 18.2 Å². The van der Waals surface area contributed by atoms with Crippen molar-refractivity contribution in [3.8, 4) is 0 Å². The van der Waals surface area contributed by atoms with Gasteiger partial charge >= 0.3 is 5.97 Å². The average molecular weight is 349 g/mol. The average Bonchev–Trinajstić information content (AvgIpc) is 2.83. The standard InChI is InChI=1S/C17H17F2N3O3/c1-3-25-15(24)8-22-17-16(9(2)21-22)12(7-14(23)20-17)11-5-4-10(18)6-13(11)19/h4-6,12H,3,7-8H2,1-2H3,(H,20,23)/t12-/m0/s1. The molecular formula is C17H17F2N3O3. The van der Waals surface area contributed by atoms with Crippen LogP contribution >= 0.6 is 0 Å². The molecule has 6 nitrogen and oxygen atoms in total. The Balaban J connectivity index is 2.05. The lowest BCUT2D eigenvalue weighted by molar-refractivity contribution is -0.144. The minimum absolute atomic E-state index is 0.0154. The molecule has 0 radical (unpaired) electrons. The molecule has 3 rings (SSSR count). The fraction of sp³-hybridized carbons (Fsp3) is 0.353. The molecule has 1 aliphatic rings. The Labute approximate surface area is 142 Å². The molecule has 8 heteroatoms. The van der Waals surface area contributed by atoms with Gasteiger partial charge in [0.25, 0.3) is 0 Å². The number of amides is 1. The van der Waals surface area contributed by atoms with Crippen LogP contribution < -0.4 is 5.32 Å². The normalized spacial score (nSPS) is 16.3. The van der Waals surface area contributed by atoms with Crippen molar-refractivity contribution in [2.24, 2.45) is 0 Å². The van der Waals surface area contributed by atoms with E-state index in [2.05, 4.69) is 10.4 Å². The zero-order valence-electron chi connectivity index (χ0n) is 13.8. The van der Waals surface area contributed by atoms with Gasteiger partial charge in [-0.05, 0) is 25.5 Å². The minimum atomic E-state index is -0.719. The van der Waals surface area contributed by atoms with Gasteiger partial charge < -0.3 is 10.1 Å². The van der Waals surface area contributed by atoms with E-state index in [0.717, 1.165) is 12.1 Å². The SMILES string of the molecule is CCOC(=O)Cn1nc(C)c2c1NC(=O)C[C@H]2c1ccc(F)cc1F. The van der Waals surface area contributed by atoms with Crippen LogP contribution in [-0.2, 0) is 20.9 Å². The molecular weight excluding hydrogens is 332 g/mol. The lowest BCUT2D eigenvalue weighted by Crippen LogP contribution is -2.26. The molecule has 0 unspecified atom stereocenters. The first-order valence-corrected chi connectivity index (χ1v) is 7.88. The monoisotopic (exact) mass is 349 g/mol. The van der Waals surface area contributed by atoms with E-state index in [1.807, 2.05) is 0 Å². The van der Waals surface area contributed by atoms with Crippen LogP contribution in [0.2, 0.25) is 0 Å². The van der Waals surface area contributed by atoms with Gasteiger partial charge in [-0.2, -0.15) is 5.10 Å². The van der Waals surface area contributed by atoms with Gasteiger partial charge in [0.2, 0.25) is 5.91 Å². The number of aromatic nitrogens is 2. The molecule has 0 aliphatic carbocycles. The van der Waals surface area contributed by atoms with E-state index in [4.69, 9.17) is 4.74 Å². The summed E-state index contributed by atoms with van der Waals surface area (Å²) in [7, 11) is 0. The maximum atomic E-state index is 14.2. The second kappa shape index (κ2) is 6.62. The molecule has 1 aromatic carbocycles. The van der Waals surface area contributed by atoms with E-state index < -0.39 is 23.5 Å². The van der Waals surface area contributed by atoms with Gasteiger partial charge in [-0.1, -0.05) is 6.07 Å². The Hall–Kier alpha value is -2.77. The third kappa shape index (κ3) is 3.24. The first kappa shape index (κ1) is 17.1. The highest BCUT2D eigenvalue weighted by atomic mass is 19.1. The summed E-state index contributed by atoms with van der Waals surface area (Å²) in [5, 5.41) is 6.96. The van der Waals surface area contributed by atoms with Crippen LogP contribution in [0, 0.1) is 18.6 Å². The third-order valence-electron chi connectivity index (χ3n) is 4.09. The first-order chi connectivity index (χ1) is 11.9. The van der Waals surface area contributed by atoms with E-state index >= 15 is 0 Å². The number of halogens is 2. The van der Waals surface area contributed by atoms with E-state index in [1.54, 1.807) is 13.8 Å². The number of esters is 1. The topological polar surface area (TPSA) is 73.2 Å². The van der Waals surface area contributed by atoms with Crippen molar-refractivity contribution >= 4 is 17.7 Å². The largest absolute Gasteiger partial charge is 0.465 e. The lowest BCUT2D eigenvalue weighted by Gasteiger charge is -2.24. The molecule has 1 N–H and O–H groups in total. The zero-order chi connectivity index (χ0) is 18.1. The van der Waals surface area contributed by atoms with Crippen molar-refractivity contribution in [3.63, 3.8) is 0 Å². The Morgan fingerprint density at radius 2 is 2.20 bits per heavy atom. The maximum absolute atomic E-state index is 14.2. The molecule has 1 aromatic heterocycles. The van der Waals surface area contributed by atoms with Crippen LogP contribution in [0.4, 0.5) is 14.6 Å². The van der Waals surface area contributed by atoms with Crippen LogP contribution in [0.1, 0.15) is 36.1 Å². The first-order valence-electron chi connectivity index (χ1n) is 7.88. The summed E-state index contributed by atoms with van der Waals surface area (Å²) < 4.78 is 33.7. The van der Waals surface area contributed by atoms with Crippen LogP contribution in [-0.4, -0.2) is 28.3 Å². The molecule has 132 valence electrons. The molecule has 0 saturated carbocycles. The van der Waals surface area contributed by atoms with Crippen LogP contribution in [0.25, 0.3) is 0 Å². The number of carbonyl (C=O) groups is 2. The maximum Gasteiger partial charge on any atom is 0.327 e. The highest BCUT2D eigenvalue weighted by Crippen LogP contribution is 2.40. The zero-order valence-corrected chi connectivity index (χ0v) is 13.8. The second-order valence-corrected chi connectivity index (χ2v) is 5.78. The predicted molar refractivity (Wildman–Crippen MR) is 85.0 cm³/mol. The van der Waals surface area contributed by atoms with Gasteiger partial charge in [0, 0.05) is 24.0 Å². The number of rotatable bonds is 4. The number of fused-ring (bicyclic) bond motifs is 1. The molecule has 0 bridgehead atoms. The fourth-order valence-corrected chi connectivity index (χ4v) is 3.11. The summed E-state index contributed by atoms with van der Waals surface area (Å²) in [6.45, 7) is 3.48. The Bertz CT molecular complexity index is 848. The van der Waals surface area contributed by atoms with Crippen molar-refractivity contribution in [3.05, 3.63) is 46.7 Å². The predicted octanol–water partition coefficient (Wildman–Crippen LogP) is 2.51. The quantitative estimate of drug-likeness (QED) is 0.861. The summed E-state index contributed by atoms with van der Waals surface area (Å²) in [5.41, 5.74) is 1.40. The number of ether oxygens (including phenoxy) is 1.